The fraction of sp³-hybridized carbons (Fsp3) is 0.263. The highest BCUT2D eigenvalue weighted by Crippen LogP contribution is 2.18. The zero-order valence-electron chi connectivity index (χ0n) is 14.9. The molecular formula is C19H20FN5O2. The Labute approximate surface area is 156 Å². The van der Waals surface area contributed by atoms with Gasteiger partial charge in [0.1, 0.15) is 18.1 Å². The molecule has 0 radical (unpaired) electrons. The van der Waals surface area contributed by atoms with Gasteiger partial charge in [-0.1, -0.05) is 19.1 Å². The number of nitrogens with one attached hydrogen (secondary N) is 1. The number of benzene rings is 2. The van der Waals surface area contributed by atoms with Crippen LogP contribution >= 0.6 is 0 Å². The topological polar surface area (TPSA) is 81.9 Å². The van der Waals surface area contributed by atoms with E-state index in [9.17, 15) is 9.18 Å². The van der Waals surface area contributed by atoms with Gasteiger partial charge in [0.25, 0.3) is 0 Å². The van der Waals surface area contributed by atoms with Crippen molar-refractivity contribution < 1.29 is 13.9 Å². The van der Waals surface area contributed by atoms with Crippen molar-refractivity contribution in [2.45, 2.75) is 26.4 Å². The normalized spacial score (nSPS) is 10.6. The lowest BCUT2D eigenvalue weighted by Gasteiger charge is -2.05. The predicted molar refractivity (Wildman–Crippen MR) is 97.3 cm³/mol. The summed E-state index contributed by atoms with van der Waals surface area (Å²) in [6.45, 7) is 2.97. The molecule has 1 amide bonds. The first-order chi connectivity index (χ1) is 13.1. The van der Waals surface area contributed by atoms with Crippen LogP contribution in [0.3, 0.4) is 0 Å². The number of ether oxygens (including phenoxy) is 1. The quantitative estimate of drug-likeness (QED) is 0.660. The zero-order valence-corrected chi connectivity index (χ0v) is 14.9. The number of hydrogen-bond donors (Lipinski definition) is 1. The number of tetrazole rings is 1. The first kappa shape index (κ1) is 18.5. The van der Waals surface area contributed by atoms with Crippen LogP contribution in [0, 0.1) is 5.82 Å². The summed E-state index contributed by atoms with van der Waals surface area (Å²) in [7, 11) is 0. The molecule has 0 aliphatic rings. The Kier molecular flexibility index (Phi) is 6.09. The Morgan fingerprint density at radius 1 is 1.15 bits per heavy atom. The van der Waals surface area contributed by atoms with E-state index in [4.69, 9.17) is 4.74 Å². The van der Waals surface area contributed by atoms with E-state index in [1.807, 2.05) is 31.2 Å². The Morgan fingerprint density at radius 2 is 1.89 bits per heavy atom. The van der Waals surface area contributed by atoms with Crippen LogP contribution in [-0.4, -0.2) is 32.7 Å². The third-order valence-corrected chi connectivity index (χ3v) is 3.73. The lowest BCUT2D eigenvalue weighted by atomic mass is 10.2. The van der Waals surface area contributed by atoms with Crippen LogP contribution in [0.25, 0.3) is 11.4 Å². The van der Waals surface area contributed by atoms with E-state index >= 15 is 0 Å². The molecule has 2 aromatic carbocycles. The van der Waals surface area contributed by atoms with E-state index in [1.165, 1.54) is 16.9 Å². The van der Waals surface area contributed by atoms with Crippen LogP contribution in [0.2, 0.25) is 0 Å². The van der Waals surface area contributed by atoms with Gasteiger partial charge in [0.2, 0.25) is 11.7 Å². The number of aromatic nitrogens is 4. The van der Waals surface area contributed by atoms with E-state index in [0.29, 0.717) is 19.0 Å². The average molecular weight is 369 g/mol. The van der Waals surface area contributed by atoms with Crippen LogP contribution in [0.15, 0.2) is 48.5 Å². The predicted octanol–water partition coefficient (Wildman–Crippen LogP) is 2.58. The summed E-state index contributed by atoms with van der Waals surface area (Å²) in [5.41, 5.74) is 1.60. The molecule has 27 heavy (non-hydrogen) atoms. The molecule has 8 heteroatoms. The zero-order chi connectivity index (χ0) is 19.1. The van der Waals surface area contributed by atoms with Crippen molar-refractivity contribution >= 4 is 5.91 Å². The van der Waals surface area contributed by atoms with Crippen LogP contribution in [0.4, 0.5) is 4.39 Å². The summed E-state index contributed by atoms with van der Waals surface area (Å²) in [5.74, 6) is 0.650. The molecule has 0 saturated carbocycles. The van der Waals surface area contributed by atoms with Gasteiger partial charge in [-0.25, -0.2) is 4.39 Å². The molecule has 3 rings (SSSR count). The van der Waals surface area contributed by atoms with E-state index < -0.39 is 0 Å². The van der Waals surface area contributed by atoms with Crippen molar-refractivity contribution in [3.8, 4) is 17.1 Å². The first-order valence-electron chi connectivity index (χ1n) is 8.66. The lowest BCUT2D eigenvalue weighted by molar-refractivity contribution is -0.122. The maximum absolute atomic E-state index is 12.9. The molecule has 0 atom stereocenters. The fourth-order valence-corrected chi connectivity index (χ4v) is 2.33. The van der Waals surface area contributed by atoms with Crippen molar-refractivity contribution in [1.29, 1.82) is 0 Å². The Balaban J connectivity index is 1.54. The molecule has 1 N–H and O–H groups in total. The second-order valence-corrected chi connectivity index (χ2v) is 5.92. The number of hydrogen-bond acceptors (Lipinski definition) is 5. The molecule has 1 aromatic heterocycles. The summed E-state index contributed by atoms with van der Waals surface area (Å²) in [6.07, 6.45) is 0.945. The summed E-state index contributed by atoms with van der Waals surface area (Å²) in [5, 5.41) is 14.8. The smallest absolute Gasteiger partial charge is 0.243 e. The third kappa shape index (κ3) is 5.34. The summed E-state index contributed by atoms with van der Waals surface area (Å²) in [6, 6.07) is 13.3. The molecule has 0 aliphatic carbocycles. The Hall–Kier alpha value is -3.29. The summed E-state index contributed by atoms with van der Waals surface area (Å²) >= 11 is 0. The van der Waals surface area contributed by atoms with Crippen LogP contribution in [-0.2, 0) is 17.9 Å². The van der Waals surface area contributed by atoms with Gasteiger partial charge < -0.3 is 10.1 Å². The highest BCUT2D eigenvalue weighted by Gasteiger charge is 2.09. The van der Waals surface area contributed by atoms with Crippen LogP contribution < -0.4 is 10.1 Å². The molecule has 0 spiro atoms. The molecular weight excluding hydrogens is 349 g/mol. The largest absolute Gasteiger partial charge is 0.494 e. The van der Waals surface area contributed by atoms with Crippen molar-refractivity contribution in [2.24, 2.45) is 0 Å². The van der Waals surface area contributed by atoms with E-state index in [0.717, 1.165) is 23.3 Å². The van der Waals surface area contributed by atoms with E-state index in [1.54, 1.807) is 12.1 Å². The molecule has 0 bridgehead atoms. The minimum Gasteiger partial charge on any atom is -0.494 e. The van der Waals surface area contributed by atoms with E-state index in [-0.39, 0.29) is 18.3 Å². The lowest BCUT2D eigenvalue weighted by Crippen LogP contribution is -2.28. The monoisotopic (exact) mass is 369 g/mol. The molecule has 1 heterocycles. The SMILES string of the molecule is CCCOc1ccc(-c2nnn(CC(=O)NCc3ccc(F)cc3)n2)cc1. The van der Waals surface area contributed by atoms with Crippen molar-refractivity contribution in [2.75, 3.05) is 6.61 Å². The van der Waals surface area contributed by atoms with E-state index in [2.05, 4.69) is 20.7 Å². The summed E-state index contributed by atoms with van der Waals surface area (Å²) in [4.78, 5) is 13.2. The maximum atomic E-state index is 12.9. The Bertz CT molecular complexity index is 878. The van der Waals surface area contributed by atoms with Gasteiger partial charge in [-0.05, 0) is 53.6 Å². The molecule has 0 aliphatic heterocycles. The van der Waals surface area contributed by atoms with Crippen LogP contribution in [0.1, 0.15) is 18.9 Å². The summed E-state index contributed by atoms with van der Waals surface area (Å²) < 4.78 is 18.4. The van der Waals surface area contributed by atoms with Crippen LogP contribution in [0.5, 0.6) is 5.75 Å². The third-order valence-electron chi connectivity index (χ3n) is 3.73. The molecule has 7 nitrogen and oxygen atoms in total. The number of rotatable bonds is 8. The Morgan fingerprint density at radius 3 is 2.59 bits per heavy atom. The second-order valence-electron chi connectivity index (χ2n) is 5.92. The van der Waals surface area contributed by atoms with Crippen molar-refractivity contribution in [3.05, 3.63) is 59.9 Å². The number of carbonyl (C=O) groups excluding carboxylic acids is 1. The minimum atomic E-state index is -0.311. The van der Waals surface area contributed by atoms with Gasteiger partial charge in [-0.2, -0.15) is 4.80 Å². The van der Waals surface area contributed by atoms with Gasteiger partial charge in [0, 0.05) is 12.1 Å². The second kappa shape index (κ2) is 8.88. The maximum Gasteiger partial charge on any atom is 0.243 e. The standard InChI is InChI=1S/C19H20FN5O2/c1-2-11-27-17-9-5-15(6-10-17)19-22-24-25(23-19)13-18(26)21-12-14-3-7-16(20)8-4-14/h3-10H,2,11-13H2,1H3,(H,21,26). The number of carbonyl (C=O) groups is 1. The molecule has 0 saturated heterocycles. The molecule has 3 aromatic rings. The first-order valence-corrected chi connectivity index (χ1v) is 8.66. The number of nitrogens with zero attached hydrogens (tertiary/aromatic N) is 4. The minimum absolute atomic E-state index is 0.0497. The average Bonchev–Trinajstić information content (AvgIpc) is 3.14. The van der Waals surface area contributed by atoms with Gasteiger partial charge >= 0.3 is 0 Å². The van der Waals surface area contributed by atoms with Gasteiger partial charge in [-0.3, -0.25) is 4.79 Å². The molecule has 0 unspecified atom stereocenters. The number of halogens is 1. The van der Waals surface area contributed by atoms with Gasteiger partial charge in [-0.15, -0.1) is 10.2 Å². The molecule has 0 fully saturated rings. The number of amides is 1. The fourth-order valence-electron chi connectivity index (χ4n) is 2.33. The van der Waals surface area contributed by atoms with Gasteiger partial charge in [0.15, 0.2) is 0 Å². The van der Waals surface area contributed by atoms with Crippen molar-refractivity contribution in [3.63, 3.8) is 0 Å². The van der Waals surface area contributed by atoms with Crippen molar-refractivity contribution in [1.82, 2.24) is 25.5 Å². The molecule has 140 valence electrons. The highest BCUT2D eigenvalue weighted by atomic mass is 19.1. The van der Waals surface area contributed by atoms with Gasteiger partial charge in [0.05, 0.1) is 6.61 Å². The highest BCUT2D eigenvalue weighted by molar-refractivity contribution is 5.75.